The van der Waals surface area contributed by atoms with Crippen LogP contribution in [-0.2, 0) is 10.0 Å². The molecule has 21 heavy (non-hydrogen) atoms. The number of benzene rings is 1. The van der Waals surface area contributed by atoms with Crippen molar-refractivity contribution in [3.05, 3.63) is 28.8 Å². The molecule has 0 bridgehead atoms. The highest BCUT2D eigenvalue weighted by molar-refractivity contribution is 7.89. The third-order valence-corrected chi connectivity index (χ3v) is 6.06. The van der Waals surface area contributed by atoms with Gasteiger partial charge in [-0.2, -0.15) is 9.57 Å². The molecule has 0 radical (unpaired) electrons. The van der Waals surface area contributed by atoms with E-state index < -0.39 is 10.0 Å². The molecule has 5 nitrogen and oxygen atoms in total. The van der Waals surface area contributed by atoms with Gasteiger partial charge in [-0.3, -0.25) is 4.90 Å². The summed E-state index contributed by atoms with van der Waals surface area (Å²) in [5.74, 6) is 0. The van der Waals surface area contributed by atoms with Crippen molar-refractivity contribution in [2.45, 2.75) is 24.8 Å². The van der Waals surface area contributed by atoms with Crippen LogP contribution in [0.15, 0.2) is 23.1 Å². The number of nitriles is 1. The molecule has 0 atom stereocenters. The third kappa shape index (κ3) is 3.38. The predicted octanol–water partition coefficient (Wildman–Crippen LogP) is 1.93. The summed E-state index contributed by atoms with van der Waals surface area (Å²) < 4.78 is 26.8. The molecule has 7 heteroatoms. The molecule has 0 N–H and O–H groups in total. The molecule has 1 saturated heterocycles. The first-order chi connectivity index (χ1) is 9.86. The fourth-order valence-electron chi connectivity index (χ4n) is 2.37. The van der Waals surface area contributed by atoms with Crippen molar-refractivity contribution in [3.8, 4) is 6.07 Å². The third-order valence-electron chi connectivity index (χ3n) is 3.68. The topological polar surface area (TPSA) is 64.4 Å². The Bertz CT molecular complexity index is 659. The average molecular weight is 328 g/mol. The number of hydrogen-bond donors (Lipinski definition) is 0. The van der Waals surface area contributed by atoms with Crippen LogP contribution in [0.2, 0.25) is 5.02 Å². The fourth-order valence-corrected chi connectivity index (χ4v) is 4.29. The lowest BCUT2D eigenvalue weighted by molar-refractivity contribution is 0.154. The van der Waals surface area contributed by atoms with Gasteiger partial charge in [0.15, 0.2) is 0 Å². The van der Waals surface area contributed by atoms with Gasteiger partial charge in [-0.15, -0.1) is 0 Å². The smallest absolute Gasteiger partial charge is 0.244 e. The van der Waals surface area contributed by atoms with Crippen molar-refractivity contribution in [1.82, 2.24) is 9.21 Å². The molecule has 1 heterocycles. The normalized spacial score (nSPS) is 17.9. The molecule has 0 saturated carbocycles. The van der Waals surface area contributed by atoms with Gasteiger partial charge in [-0.25, -0.2) is 8.42 Å². The minimum absolute atomic E-state index is 0.0150. The lowest BCUT2D eigenvalue weighted by atomic mass is 10.2. The SMILES string of the molecule is CC(C)N1CCN(S(=O)(=O)c2cc(C#N)ccc2Cl)CC1. The van der Waals surface area contributed by atoms with E-state index in [0.29, 0.717) is 37.8 Å². The molecule has 0 aromatic heterocycles. The molecule has 0 spiro atoms. The second-order valence-corrected chi connectivity index (χ2v) is 7.60. The van der Waals surface area contributed by atoms with E-state index >= 15 is 0 Å². The summed E-state index contributed by atoms with van der Waals surface area (Å²) >= 11 is 6.01. The summed E-state index contributed by atoms with van der Waals surface area (Å²) in [5, 5.41) is 9.07. The highest BCUT2D eigenvalue weighted by Gasteiger charge is 2.30. The molecule has 1 fully saturated rings. The van der Waals surface area contributed by atoms with E-state index in [1.165, 1.54) is 22.5 Å². The molecule has 114 valence electrons. The number of halogens is 1. The maximum atomic E-state index is 12.7. The van der Waals surface area contributed by atoms with E-state index in [2.05, 4.69) is 18.7 Å². The Labute approximate surface area is 130 Å². The molecule has 0 amide bonds. The molecular formula is C14H18ClN3O2S. The van der Waals surface area contributed by atoms with Gasteiger partial charge in [0.2, 0.25) is 10.0 Å². The standard InChI is InChI=1S/C14H18ClN3O2S/c1-11(2)17-5-7-18(8-6-17)21(19,20)14-9-12(10-16)3-4-13(14)15/h3-4,9,11H,5-8H2,1-2H3. The van der Waals surface area contributed by atoms with Crippen molar-refractivity contribution in [1.29, 1.82) is 5.26 Å². The van der Waals surface area contributed by atoms with Crippen LogP contribution in [-0.4, -0.2) is 49.8 Å². The molecule has 1 aliphatic heterocycles. The van der Waals surface area contributed by atoms with E-state index in [-0.39, 0.29) is 9.92 Å². The van der Waals surface area contributed by atoms with E-state index in [0.717, 1.165) is 0 Å². The van der Waals surface area contributed by atoms with Gasteiger partial charge in [0.05, 0.1) is 16.7 Å². The van der Waals surface area contributed by atoms with Gasteiger partial charge in [-0.1, -0.05) is 11.6 Å². The number of hydrogen-bond acceptors (Lipinski definition) is 4. The van der Waals surface area contributed by atoms with Crippen molar-refractivity contribution in [3.63, 3.8) is 0 Å². The first kappa shape index (κ1) is 16.2. The van der Waals surface area contributed by atoms with Crippen LogP contribution in [0.25, 0.3) is 0 Å². The van der Waals surface area contributed by atoms with E-state index in [1.54, 1.807) is 0 Å². The van der Waals surface area contributed by atoms with Crippen molar-refractivity contribution in [2.75, 3.05) is 26.2 Å². The van der Waals surface area contributed by atoms with Crippen LogP contribution in [0, 0.1) is 11.3 Å². The second kappa shape index (κ2) is 6.32. The van der Waals surface area contributed by atoms with Gasteiger partial charge >= 0.3 is 0 Å². The zero-order valence-corrected chi connectivity index (χ0v) is 13.7. The molecule has 2 rings (SSSR count). The Morgan fingerprint density at radius 1 is 1.24 bits per heavy atom. The van der Waals surface area contributed by atoms with Crippen LogP contribution in [0.3, 0.4) is 0 Å². The van der Waals surface area contributed by atoms with Gasteiger partial charge in [0, 0.05) is 32.2 Å². The predicted molar refractivity (Wildman–Crippen MR) is 81.6 cm³/mol. The number of rotatable bonds is 3. The van der Waals surface area contributed by atoms with Crippen molar-refractivity contribution >= 4 is 21.6 Å². The maximum Gasteiger partial charge on any atom is 0.244 e. The molecule has 1 aliphatic rings. The minimum atomic E-state index is -3.65. The number of sulfonamides is 1. The summed E-state index contributed by atoms with van der Waals surface area (Å²) in [7, 11) is -3.65. The molecule has 1 aromatic rings. The highest BCUT2D eigenvalue weighted by atomic mass is 35.5. The number of nitrogens with zero attached hydrogens (tertiary/aromatic N) is 3. The summed E-state index contributed by atoms with van der Waals surface area (Å²) in [6, 6.07) is 6.65. The monoisotopic (exact) mass is 327 g/mol. The van der Waals surface area contributed by atoms with Gasteiger partial charge in [0.1, 0.15) is 4.90 Å². The van der Waals surface area contributed by atoms with Crippen LogP contribution in [0.4, 0.5) is 0 Å². The molecular weight excluding hydrogens is 310 g/mol. The summed E-state index contributed by atoms with van der Waals surface area (Å²) in [5.41, 5.74) is 0.291. The highest BCUT2D eigenvalue weighted by Crippen LogP contribution is 2.26. The zero-order chi connectivity index (χ0) is 15.6. The van der Waals surface area contributed by atoms with Crippen LogP contribution in [0.5, 0.6) is 0 Å². The van der Waals surface area contributed by atoms with Gasteiger partial charge in [-0.05, 0) is 32.0 Å². The Hall–Kier alpha value is -1.13. The zero-order valence-electron chi connectivity index (χ0n) is 12.1. The average Bonchev–Trinajstić information content (AvgIpc) is 2.47. The number of piperazine rings is 1. The van der Waals surface area contributed by atoms with Crippen molar-refractivity contribution in [2.24, 2.45) is 0 Å². The summed E-state index contributed by atoms with van der Waals surface area (Å²) in [6.45, 7) is 6.47. The van der Waals surface area contributed by atoms with E-state index in [4.69, 9.17) is 16.9 Å². The molecule has 0 aliphatic carbocycles. The van der Waals surface area contributed by atoms with E-state index in [1.807, 2.05) is 6.07 Å². The van der Waals surface area contributed by atoms with Crippen molar-refractivity contribution < 1.29 is 8.42 Å². The quantitative estimate of drug-likeness (QED) is 0.851. The Morgan fingerprint density at radius 3 is 2.38 bits per heavy atom. The van der Waals surface area contributed by atoms with Gasteiger partial charge < -0.3 is 0 Å². The summed E-state index contributed by atoms with van der Waals surface area (Å²) in [6.07, 6.45) is 0. The first-order valence-corrected chi connectivity index (χ1v) is 8.62. The lowest BCUT2D eigenvalue weighted by Gasteiger charge is -2.36. The Morgan fingerprint density at radius 2 is 1.86 bits per heavy atom. The van der Waals surface area contributed by atoms with Crippen LogP contribution < -0.4 is 0 Å². The molecule has 0 unspecified atom stereocenters. The van der Waals surface area contributed by atoms with Gasteiger partial charge in [0.25, 0.3) is 0 Å². The molecule has 1 aromatic carbocycles. The Balaban J connectivity index is 2.26. The van der Waals surface area contributed by atoms with Crippen LogP contribution in [0.1, 0.15) is 19.4 Å². The summed E-state index contributed by atoms with van der Waals surface area (Å²) in [4.78, 5) is 2.25. The van der Waals surface area contributed by atoms with Crippen LogP contribution >= 0.6 is 11.6 Å². The Kier molecular flexibility index (Phi) is 4.89. The largest absolute Gasteiger partial charge is 0.298 e. The maximum absolute atomic E-state index is 12.7. The first-order valence-electron chi connectivity index (χ1n) is 6.80. The van der Waals surface area contributed by atoms with E-state index in [9.17, 15) is 8.42 Å². The second-order valence-electron chi connectivity index (χ2n) is 5.29. The fraction of sp³-hybridized carbons (Fsp3) is 0.500. The minimum Gasteiger partial charge on any atom is -0.298 e. The lowest BCUT2D eigenvalue weighted by Crippen LogP contribution is -2.50.